The molecule has 0 saturated carbocycles. The molecule has 0 aromatic heterocycles. The summed E-state index contributed by atoms with van der Waals surface area (Å²) in [5, 5.41) is 1.24. The molecule has 0 aliphatic rings. The van der Waals surface area contributed by atoms with Gasteiger partial charge in [0.25, 0.3) is 0 Å². The van der Waals surface area contributed by atoms with Crippen LogP contribution < -0.4 is 5.30 Å². The van der Waals surface area contributed by atoms with Crippen LogP contribution in [0.1, 0.15) is 13.8 Å². The third-order valence-corrected chi connectivity index (χ3v) is 2.55. The molecule has 15 heavy (non-hydrogen) atoms. The van der Waals surface area contributed by atoms with Gasteiger partial charge in [-0.1, -0.05) is 68.4 Å². The van der Waals surface area contributed by atoms with Crippen LogP contribution in [-0.4, -0.2) is 0 Å². The van der Waals surface area contributed by atoms with Crippen molar-refractivity contribution in [2.75, 3.05) is 0 Å². The van der Waals surface area contributed by atoms with Crippen molar-refractivity contribution in [1.82, 2.24) is 0 Å². The molecular formula is C14H17P. The third kappa shape index (κ3) is 3.18. The monoisotopic (exact) mass is 216 g/mol. The van der Waals surface area contributed by atoms with Gasteiger partial charge in [-0.3, -0.25) is 0 Å². The van der Waals surface area contributed by atoms with E-state index in [1.165, 1.54) is 16.4 Å². The first-order valence-corrected chi connectivity index (χ1v) is 5.85. The molecule has 0 spiro atoms. The predicted molar refractivity (Wildman–Crippen MR) is 72.6 cm³/mol. The van der Waals surface area contributed by atoms with Gasteiger partial charge in [-0.2, -0.15) is 0 Å². The second-order valence-corrected chi connectivity index (χ2v) is 3.58. The molecular weight excluding hydrogens is 199 g/mol. The summed E-state index contributed by atoms with van der Waals surface area (Å²) in [6.45, 7) is 4.00. The summed E-state index contributed by atoms with van der Waals surface area (Å²) < 4.78 is 0. The third-order valence-electron chi connectivity index (χ3n) is 2.05. The Labute approximate surface area is 94.6 Å². The van der Waals surface area contributed by atoms with Gasteiger partial charge < -0.3 is 0 Å². The fraction of sp³-hybridized carbons (Fsp3) is 0.143. The molecule has 0 amide bonds. The fourth-order valence-corrected chi connectivity index (χ4v) is 1.75. The van der Waals surface area contributed by atoms with Crippen molar-refractivity contribution in [3.63, 3.8) is 0 Å². The van der Waals surface area contributed by atoms with Crippen molar-refractivity contribution in [2.45, 2.75) is 13.8 Å². The van der Waals surface area contributed by atoms with Gasteiger partial charge in [-0.25, -0.2) is 0 Å². The van der Waals surface area contributed by atoms with Crippen LogP contribution >= 0.6 is 9.24 Å². The Balaban J connectivity index is 0.000000531. The smallest absolute Gasteiger partial charge is 0.0112 e. The van der Waals surface area contributed by atoms with Crippen LogP contribution in [0.4, 0.5) is 0 Å². The highest BCUT2D eigenvalue weighted by Crippen LogP contribution is 2.17. The molecule has 0 saturated heterocycles. The van der Waals surface area contributed by atoms with Gasteiger partial charge in [0, 0.05) is 0 Å². The van der Waals surface area contributed by atoms with E-state index in [1.807, 2.05) is 19.9 Å². The normalized spacial score (nSPS) is 9.00. The van der Waals surface area contributed by atoms with E-state index in [9.17, 15) is 0 Å². The highest BCUT2D eigenvalue weighted by Gasteiger charge is 1.97. The maximum Gasteiger partial charge on any atom is -0.0112 e. The van der Waals surface area contributed by atoms with Crippen LogP contribution in [-0.2, 0) is 0 Å². The SMILES string of the molecule is CC.Pc1ccccc1-c1ccccc1. The molecule has 0 aliphatic heterocycles. The van der Waals surface area contributed by atoms with Gasteiger partial charge in [0.1, 0.15) is 0 Å². The first kappa shape index (κ1) is 11.9. The van der Waals surface area contributed by atoms with E-state index >= 15 is 0 Å². The Morgan fingerprint density at radius 2 is 1.27 bits per heavy atom. The molecule has 2 aromatic carbocycles. The molecule has 1 unspecified atom stereocenters. The standard InChI is InChI=1S/C12H11P.C2H6/c13-12-9-5-4-8-11(12)10-6-2-1-3-7-10;1-2/h1-9H,13H2;1-2H3. The van der Waals surface area contributed by atoms with Gasteiger partial charge in [0.15, 0.2) is 0 Å². The molecule has 1 atom stereocenters. The number of hydrogen-bond donors (Lipinski definition) is 0. The summed E-state index contributed by atoms with van der Waals surface area (Å²) >= 11 is 0. The number of benzene rings is 2. The Morgan fingerprint density at radius 3 is 1.87 bits per heavy atom. The number of rotatable bonds is 1. The highest BCUT2D eigenvalue weighted by molar-refractivity contribution is 7.28. The summed E-state index contributed by atoms with van der Waals surface area (Å²) in [6.07, 6.45) is 0. The lowest BCUT2D eigenvalue weighted by atomic mass is 10.1. The van der Waals surface area contributed by atoms with E-state index in [4.69, 9.17) is 0 Å². The quantitative estimate of drug-likeness (QED) is 0.634. The van der Waals surface area contributed by atoms with Crippen molar-refractivity contribution >= 4 is 14.5 Å². The van der Waals surface area contributed by atoms with Crippen molar-refractivity contribution in [2.24, 2.45) is 0 Å². The van der Waals surface area contributed by atoms with E-state index in [0.717, 1.165) is 0 Å². The van der Waals surface area contributed by atoms with E-state index in [2.05, 4.69) is 57.8 Å². The summed E-state index contributed by atoms with van der Waals surface area (Å²) in [5.41, 5.74) is 2.56. The maximum absolute atomic E-state index is 2.76. The lowest BCUT2D eigenvalue weighted by Gasteiger charge is -2.03. The number of hydrogen-bond acceptors (Lipinski definition) is 0. The molecule has 2 rings (SSSR count). The van der Waals surface area contributed by atoms with Crippen LogP contribution in [0.3, 0.4) is 0 Å². The second-order valence-electron chi connectivity index (χ2n) is 2.95. The fourth-order valence-electron chi connectivity index (χ4n) is 1.38. The van der Waals surface area contributed by atoms with Crippen molar-refractivity contribution in [3.05, 3.63) is 54.6 Å². The second kappa shape index (κ2) is 6.37. The molecule has 78 valence electrons. The molecule has 0 N–H and O–H groups in total. The van der Waals surface area contributed by atoms with E-state index < -0.39 is 0 Å². The molecule has 0 heterocycles. The lowest BCUT2D eigenvalue weighted by Crippen LogP contribution is -1.94. The molecule has 1 heteroatoms. The molecule has 0 aliphatic carbocycles. The van der Waals surface area contributed by atoms with Gasteiger partial charge in [-0.05, 0) is 16.4 Å². The van der Waals surface area contributed by atoms with Crippen LogP contribution in [0.5, 0.6) is 0 Å². The molecule has 2 aromatic rings. The van der Waals surface area contributed by atoms with Crippen LogP contribution in [0.15, 0.2) is 54.6 Å². The van der Waals surface area contributed by atoms with Crippen LogP contribution in [0, 0.1) is 0 Å². The predicted octanol–water partition coefficient (Wildman–Crippen LogP) is 3.88. The summed E-state index contributed by atoms with van der Waals surface area (Å²) in [5.74, 6) is 0. The van der Waals surface area contributed by atoms with Crippen LogP contribution in [0.2, 0.25) is 0 Å². The summed E-state index contributed by atoms with van der Waals surface area (Å²) in [7, 11) is 2.76. The summed E-state index contributed by atoms with van der Waals surface area (Å²) in [4.78, 5) is 0. The molecule has 0 radical (unpaired) electrons. The van der Waals surface area contributed by atoms with Gasteiger partial charge in [-0.15, -0.1) is 9.24 Å². The van der Waals surface area contributed by atoms with E-state index in [0.29, 0.717) is 0 Å². The van der Waals surface area contributed by atoms with E-state index in [-0.39, 0.29) is 0 Å². The van der Waals surface area contributed by atoms with E-state index in [1.54, 1.807) is 0 Å². The lowest BCUT2D eigenvalue weighted by molar-refractivity contribution is 1.50. The Bertz CT molecular complexity index is 393. The largest absolute Gasteiger partial charge is 0.105 e. The van der Waals surface area contributed by atoms with Crippen molar-refractivity contribution in [3.8, 4) is 11.1 Å². The highest BCUT2D eigenvalue weighted by atomic mass is 31.0. The van der Waals surface area contributed by atoms with Crippen molar-refractivity contribution in [1.29, 1.82) is 0 Å². The minimum atomic E-state index is 1.24. The van der Waals surface area contributed by atoms with Gasteiger partial charge in [0.05, 0.1) is 0 Å². The zero-order valence-electron chi connectivity index (χ0n) is 9.27. The minimum Gasteiger partial charge on any atom is -0.105 e. The van der Waals surface area contributed by atoms with Crippen molar-refractivity contribution < 1.29 is 0 Å². The first-order valence-electron chi connectivity index (χ1n) is 5.28. The van der Waals surface area contributed by atoms with Gasteiger partial charge >= 0.3 is 0 Å². The summed E-state index contributed by atoms with van der Waals surface area (Å²) in [6, 6.07) is 18.8. The minimum absolute atomic E-state index is 1.24. The Kier molecular flexibility index (Phi) is 5.07. The molecule has 0 bridgehead atoms. The Hall–Kier alpha value is -1.13. The van der Waals surface area contributed by atoms with Crippen LogP contribution in [0.25, 0.3) is 11.1 Å². The average Bonchev–Trinajstić information content (AvgIpc) is 2.33. The molecule has 0 fully saturated rings. The molecule has 0 nitrogen and oxygen atoms in total. The maximum atomic E-state index is 2.76. The zero-order chi connectivity index (χ0) is 11.1. The zero-order valence-corrected chi connectivity index (χ0v) is 10.4. The first-order chi connectivity index (χ1) is 7.38. The average molecular weight is 216 g/mol. The Morgan fingerprint density at radius 1 is 0.733 bits per heavy atom. The topological polar surface area (TPSA) is 0 Å². The van der Waals surface area contributed by atoms with Gasteiger partial charge in [0.2, 0.25) is 0 Å².